The predicted octanol–water partition coefficient (Wildman–Crippen LogP) is 5.06. The maximum Gasteiger partial charge on any atom is 0.329 e. The van der Waals surface area contributed by atoms with Crippen molar-refractivity contribution in [1.82, 2.24) is 15.3 Å². The summed E-state index contributed by atoms with van der Waals surface area (Å²) >= 11 is 6.72. The number of anilines is 1. The van der Waals surface area contributed by atoms with Gasteiger partial charge in [-0.25, -0.2) is 9.69 Å². The molecule has 4 amide bonds. The molecule has 3 N–H and O–H groups in total. The van der Waals surface area contributed by atoms with E-state index in [0.29, 0.717) is 35.5 Å². The van der Waals surface area contributed by atoms with Gasteiger partial charge in [-0.05, 0) is 48.4 Å². The van der Waals surface area contributed by atoms with Crippen molar-refractivity contribution >= 4 is 45.9 Å². The first-order chi connectivity index (χ1) is 18.4. The molecule has 0 bridgehead atoms. The van der Waals surface area contributed by atoms with Crippen LogP contribution in [0.15, 0.2) is 73.3 Å². The minimum atomic E-state index is -0.558. The van der Waals surface area contributed by atoms with E-state index >= 15 is 0 Å². The molecule has 2 fully saturated rings. The van der Waals surface area contributed by atoms with Gasteiger partial charge in [-0.2, -0.15) is 0 Å². The molecule has 6 rings (SSSR count). The summed E-state index contributed by atoms with van der Waals surface area (Å²) in [6.45, 7) is 0. The van der Waals surface area contributed by atoms with E-state index in [-0.39, 0.29) is 23.8 Å². The van der Waals surface area contributed by atoms with Crippen LogP contribution in [0, 0.1) is 5.92 Å². The monoisotopic (exact) mass is 525 g/mol. The first-order valence-electron chi connectivity index (χ1n) is 12.4. The van der Waals surface area contributed by atoms with Crippen molar-refractivity contribution in [3.05, 3.63) is 89.5 Å². The Balaban J connectivity index is 1.31. The number of nitrogens with one attached hydrogen (secondary N) is 1. The quantitative estimate of drug-likeness (QED) is 0.386. The van der Waals surface area contributed by atoms with E-state index in [1.807, 2.05) is 42.5 Å². The summed E-state index contributed by atoms with van der Waals surface area (Å²) in [6.07, 6.45) is 8.25. The Morgan fingerprint density at radius 2 is 1.82 bits per heavy atom. The molecule has 9 heteroatoms. The third-order valence-electron chi connectivity index (χ3n) is 7.58. The van der Waals surface area contributed by atoms with Gasteiger partial charge in [0.15, 0.2) is 0 Å². The fraction of sp³-hybridized carbons (Fsp3) is 0.207. The number of pyridine rings is 2. The third kappa shape index (κ3) is 4.07. The Hall–Kier alpha value is -4.30. The van der Waals surface area contributed by atoms with Crippen molar-refractivity contribution in [3.8, 4) is 11.1 Å². The van der Waals surface area contributed by atoms with Gasteiger partial charge in [0.25, 0.3) is 0 Å². The van der Waals surface area contributed by atoms with Crippen molar-refractivity contribution in [2.75, 3.05) is 4.90 Å². The van der Waals surface area contributed by atoms with Crippen molar-refractivity contribution < 1.29 is 14.4 Å². The molecule has 1 aliphatic heterocycles. The van der Waals surface area contributed by atoms with Crippen LogP contribution < -0.4 is 16.0 Å². The highest BCUT2D eigenvalue weighted by atomic mass is 35.5. The van der Waals surface area contributed by atoms with Gasteiger partial charge in [0, 0.05) is 46.0 Å². The van der Waals surface area contributed by atoms with Crippen LogP contribution in [-0.2, 0) is 4.79 Å². The molecule has 1 aliphatic carbocycles. The number of amides is 4. The van der Waals surface area contributed by atoms with Gasteiger partial charge < -0.3 is 11.1 Å². The number of nitrogens with zero attached hydrogens (tertiary/aromatic N) is 3. The predicted molar refractivity (Wildman–Crippen MR) is 145 cm³/mol. The second kappa shape index (κ2) is 9.54. The van der Waals surface area contributed by atoms with Crippen LogP contribution in [0.1, 0.15) is 41.1 Å². The number of primary amides is 1. The van der Waals surface area contributed by atoms with Crippen molar-refractivity contribution in [3.63, 3.8) is 0 Å². The second-order valence-electron chi connectivity index (χ2n) is 9.75. The van der Waals surface area contributed by atoms with E-state index in [1.54, 1.807) is 24.7 Å². The molecule has 2 aliphatic rings. The molecule has 2 aromatic heterocycles. The summed E-state index contributed by atoms with van der Waals surface area (Å²) in [5.74, 6) is -1.13. The summed E-state index contributed by atoms with van der Waals surface area (Å²) in [7, 11) is 0. The number of nitrogens with two attached hydrogens (primary N) is 1. The number of carbonyl (C=O) groups excluding carboxylic acids is 3. The lowest BCUT2D eigenvalue weighted by Gasteiger charge is -2.43. The Kier molecular flexibility index (Phi) is 6.04. The SMILES string of the molecule is NC(=O)c1cncc(-c2cccc(Cl)c2C2CCC3C(=O)N(c4cncc5ccccc45)C(=O)NC3C2)c1. The molecule has 0 spiro atoms. The second-order valence-corrected chi connectivity index (χ2v) is 10.2. The van der Waals surface area contributed by atoms with Crippen LogP contribution in [0.25, 0.3) is 21.9 Å². The van der Waals surface area contributed by atoms with Crippen LogP contribution in [0.5, 0.6) is 0 Å². The zero-order valence-corrected chi connectivity index (χ0v) is 21.1. The van der Waals surface area contributed by atoms with Crippen molar-refractivity contribution in [2.45, 2.75) is 31.2 Å². The number of benzene rings is 2. The van der Waals surface area contributed by atoms with Crippen LogP contribution in [0.3, 0.4) is 0 Å². The van der Waals surface area contributed by atoms with Gasteiger partial charge in [0.2, 0.25) is 11.8 Å². The van der Waals surface area contributed by atoms with Gasteiger partial charge in [-0.15, -0.1) is 0 Å². The number of halogens is 1. The van der Waals surface area contributed by atoms with E-state index in [4.69, 9.17) is 17.3 Å². The van der Waals surface area contributed by atoms with E-state index in [0.717, 1.165) is 27.5 Å². The Morgan fingerprint density at radius 3 is 2.66 bits per heavy atom. The molecule has 190 valence electrons. The average Bonchev–Trinajstić information content (AvgIpc) is 2.93. The van der Waals surface area contributed by atoms with Crippen LogP contribution in [0.2, 0.25) is 5.02 Å². The minimum absolute atomic E-state index is 0.00365. The largest absolute Gasteiger partial charge is 0.366 e. The lowest BCUT2D eigenvalue weighted by molar-refractivity contribution is -0.124. The van der Waals surface area contributed by atoms with E-state index in [9.17, 15) is 14.4 Å². The molecule has 0 radical (unpaired) electrons. The van der Waals surface area contributed by atoms with Gasteiger partial charge in [-0.3, -0.25) is 19.6 Å². The van der Waals surface area contributed by atoms with E-state index in [2.05, 4.69) is 15.3 Å². The average molecular weight is 526 g/mol. The number of urea groups is 1. The highest BCUT2D eigenvalue weighted by molar-refractivity contribution is 6.32. The fourth-order valence-corrected chi connectivity index (χ4v) is 6.14. The summed E-state index contributed by atoms with van der Waals surface area (Å²) in [5, 5.41) is 5.33. The van der Waals surface area contributed by atoms with Crippen molar-refractivity contribution in [1.29, 1.82) is 0 Å². The third-order valence-corrected chi connectivity index (χ3v) is 7.91. The number of fused-ring (bicyclic) bond motifs is 2. The fourth-order valence-electron chi connectivity index (χ4n) is 5.81. The lowest BCUT2D eigenvalue weighted by Crippen LogP contribution is -2.61. The smallest absolute Gasteiger partial charge is 0.329 e. The lowest BCUT2D eigenvalue weighted by atomic mass is 9.72. The van der Waals surface area contributed by atoms with Gasteiger partial charge >= 0.3 is 6.03 Å². The number of imide groups is 1. The first-order valence-corrected chi connectivity index (χ1v) is 12.8. The number of aromatic nitrogens is 2. The zero-order chi connectivity index (χ0) is 26.4. The molecule has 8 nitrogen and oxygen atoms in total. The number of hydrogen-bond donors (Lipinski definition) is 2. The Bertz CT molecular complexity index is 1600. The molecule has 3 unspecified atom stereocenters. The van der Waals surface area contributed by atoms with Gasteiger partial charge in [0.05, 0.1) is 23.4 Å². The highest BCUT2D eigenvalue weighted by Crippen LogP contribution is 2.45. The molecule has 1 saturated carbocycles. The number of carbonyl (C=O) groups is 3. The van der Waals surface area contributed by atoms with Crippen LogP contribution in [-0.4, -0.2) is 33.9 Å². The molecule has 2 aromatic carbocycles. The molecule has 3 heterocycles. The zero-order valence-electron chi connectivity index (χ0n) is 20.3. The van der Waals surface area contributed by atoms with Crippen LogP contribution in [0.4, 0.5) is 10.5 Å². The molecule has 3 atom stereocenters. The molecule has 38 heavy (non-hydrogen) atoms. The Morgan fingerprint density at radius 1 is 1.00 bits per heavy atom. The van der Waals surface area contributed by atoms with Crippen LogP contribution >= 0.6 is 11.6 Å². The van der Waals surface area contributed by atoms with E-state index < -0.39 is 11.9 Å². The normalized spacial score (nSPS) is 21.2. The topological polar surface area (TPSA) is 118 Å². The van der Waals surface area contributed by atoms with Gasteiger partial charge in [-0.1, -0.05) is 48.0 Å². The minimum Gasteiger partial charge on any atom is -0.366 e. The molecule has 4 aromatic rings. The first kappa shape index (κ1) is 24.1. The maximum atomic E-state index is 13.7. The van der Waals surface area contributed by atoms with Gasteiger partial charge in [0.1, 0.15) is 0 Å². The highest BCUT2D eigenvalue weighted by Gasteiger charge is 2.46. The molecular weight excluding hydrogens is 502 g/mol. The van der Waals surface area contributed by atoms with Crippen molar-refractivity contribution in [2.24, 2.45) is 11.7 Å². The number of hydrogen-bond acceptors (Lipinski definition) is 5. The summed E-state index contributed by atoms with van der Waals surface area (Å²) in [6, 6.07) is 14.1. The standard InChI is InChI=1S/C29H24ClN5O3/c30-23-7-3-6-21(18-10-19(27(31)36)14-32-13-18)26(23)16-8-9-22-24(11-16)34-29(38)35(28(22)37)25-15-33-12-17-4-1-2-5-20(17)25/h1-7,10,12-16,22,24H,8-9,11H2,(H2,31,36)(H,34,38). The maximum absolute atomic E-state index is 13.7. The summed E-state index contributed by atoms with van der Waals surface area (Å²) in [5.41, 5.74) is 8.77. The molecule has 1 saturated heterocycles. The number of rotatable bonds is 4. The Labute approximate surface area is 223 Å². The summed E-state index contributed by atoms with van der Waals surface area (Å²) in [4.78, 5) is 48.4. The molecular formula is C29H24ClN5O3. The summed E-state index contributed by atoms with van der Waals surface area (Å²) < 4.78 is 0. The van der Waals surface area contributed by atoms with E-state index in [1.165, 1.54) is 11.1 Å².